The summed E-state index contributed by atoms with van der Waals surface area (Å²) in [5.74, 6) is 0.560. The molecule has 3 heterocycles. The van der Waals surface area contributed by atoms with Gasteiger partial charge in [-0.3, -0.25) is 9.69 Å². The average molecular weight is 409 g/mol. The highest BCUT2D eigenvalue weighted by Gasteiger charge is 2.31. The third-order valence-corrected chi connectivity index (χ3v) is 5.92. The summed E-state index contributed by atoms with van der Waals surface area (Å²) >= 11 is 0. The van der Waals surface area contributed by atoms with Crippen molar-refractivity contribution in [2.75, 3.05) is 26.2 Å². The second-order valence-electron chi connectivity index (χ2n) is 8.02. The summed E-state index contributed by atoms with van der Waals surface area (Å²) < 4.78 is 20.4. The zero-order chi connectivity index (χ0) is 20.7. The van der Waals surface area contributed by atoms with Crippen LogP contribution < -0.4 is 0 Å². The number of hydrogen-bond acceptors (Lipinski definition) is 5. The summed E-state index contributed by atoms with van der Waals surface area (Å²) in [5.41, 5.74) is 4.34. The van der Waals surface area contributed by atoms with Crippen LogP contribution in [0, 0.1) is 12.7 Å². The molecule has 0 N–H and O–H groups in total. The Morgan fingerprint density at radius 2 is 1.90 bits per heavy atom. The van der Waals surface area contributed by atoms with Crippen molar-refractivity contribution >= 4 is 5.91 Å². The Kier molecular flexibility index (Phi) is 4.86. The summed E-state index contributed by atoms with van der Waals surface area (Å²) in [6.45, 7) is 5.50. The third-order valence-electron chi connectivity index (χ3n) is 5.92. The van der Waals surface area contributed by atoms with E-state index < -0.39 is 0 Å². The molecule has 1 amide bonds. The van der Waals surface area contributed by atoms with Crippen LogP contribution in [0.1, 0.15) is 39.6 Å². The number of amides is 1. The Balaban J connectivity index is 1.31. The highest BCUT2D eigenvalue weighted by Crippen LogP contribution is 2.29. The second kappa shape index (κ2) is 7.68. The predicted molar refractivity (Wildman–Crippen MR) is 108 cm³/mol. The monoisotopic (exact) mass is 409 g/mol. The van der Waals surface area contributed by atoms with E-state index in [4.69, 9.17) is 4.52 Å². The van der Waals surface area contributed by atoms with Crippen LogP contribution in [0.2, 0.25) is 0 Å². The quantitative estimate of drug-likeness (QED) is 0.663. The molecule has 2 aliphatic rings. The first kappa shape index (κ1) is 19.0. The molecule has 1 fully saturated rings. The van der Waals surface area contributed by atoms with Gasteiger partial charge in [0.1, 0.15) is 5.82 Å². The molecule has 0 bridgehead atoms. The fourth-order valence-electron chi connectivity index (χ4n) is 4.38. The standard InChI is InChI=1S/C22H24FN5O2/c1-15-13-18(30-25-15)14-26-9-11-27(12-10-26)22(29)21-19-3-2-4-20(19)28(24-21)17-7-5-16(23)6-8-17/h5-8,13H,2-4,9-12,14H2,1H3. The van der Waals surface area contributed by atoms with Crippen molar-refractivity contribution in [2.24, 2.45) is 0 Å². The maximum Gasteiger partial charge on any atom is 0.274 e. The van der Waals surface area contributed by atoms with Gasteiger partial charge in [0.05, 0.1) is 17.9 Å². The van der Waals surface area contributed by atoms with Crippen LogP contribution >= 0.6 is 0 Å². The number of halogens is 1. The summed E-state index contributed by atoms with van der Waals surface area (Å²) in [6, 6.07) is 8.21. The molecule has 7 nitrogen and oxygen atoms in total. The average Bonchev–Trinajstić information content (AvgIpc) is 3.46. The van der Waals surface area contributed by atoms with Crippen molar-refractivity contribution in [3.8, 4) is 5.69 Å². The number of hydrogen-bond donors (Lipinski definition) is 0. The van der Waals surface area contributed by atoms with Gasteiger partial charge in [-0.05, 0) is 50.5 Å². The van der Waals surface area contributed by atoms with Gasteiger partial charge >= 0.3 is 0 Å². The van der Waals surface area contributed by atoms with E-state index in [-0.39, 0.29) is 11.7 Å². The Morgan fingerprint density at radius 1 is 1.13 bits per heavy atom. The maximum atomic E-state index is 13.3. The molecule has 2 aromatic heterocycles. The second-order valence-corrected chi connectivity index (χ2v) is 8.02. The van der Waals surface area contributed by atoms with E-state index in [1.54, 1.807) is 12.1 Å². The molecule has 30 heavy (non-hydrogen) atoms. The first-order valence-corrected chi connectivity index (χ1v) is 10.4. The summed E-state index contributed by atoms with van der Waals surface area (Å²) in [4.78, 5) is 17.4. The number of aromatic nitrogens is 3. The molecular formula is C22H24FN5O2. The van der Waals surface area contributed by atoms with Gasteiger partial charge in [0, 0.05) is 43.5 Å². The van der Waals surface area contributed by atoms with Crippen LogP contribution in [-0.2, 0) is 19.4 Å². The Morgan fingerprint density at radius 3 is 2.60 bits per heavy atom. The molecule has 3 aromatic rings. The van der Waals surface area contributed by atoms with Crippen molar-refractivity contribution in [1.29, 1.82) is 0 Å². The third kappa shape index (κ3) is 3.52. The van der Waals surface area contributed by atoms with E-state index in [9.17, 15) is 9.18 Å². The van der Waals surface area contributed by atoms with E-state index >= 15 is 0 Å². The topological polar surface area (TPSA) is 67.4 Å². The molecule has 0 spiro atoms. The summed E-state index contributed by atoms with van der Waals surface area (Å²) in [5, 5.41) is 8.60. The lowest BCUT2D eigenvalue weighted by Crippen LogP contribution is -2.48. The van der Waals surface area contributed by atoms with E-state index in [1.807, 2.05) is 22.6 Å². The van der Waals surface area contributed by atoms with Gasteiger partial charge in [-0.15, -0.1) is 0 Å². The Hall–Kier alpha value is -3.00. The van der Waals surface area contributed by atoms with Gasteiger partial charge in [-0.2, -0.15) is 5.10 Å². The SMILES string of the molecule is Cc1cc(CN2CCN(C(=O)c3nn(-c4ccc(F)cc4)c4c3CCC4)CC2)on1. The molecule has 0 atom stereocenters. The minimum Gasteiger partial charge on any atom is -0.360 e. The molecule has 0 unspecified atom stereocenters. The van der Waals surface area contributed by atoms with Crippen molar-refractivity contribution in [1.82, 2.24) is 24.7 Å². The van der Waals surface area contributed by atoms with E-state index in [2.05, 4.69) is 15.2 Å². The number of benzene rings is 1. The van der Waals surface area contributed by atoms with Crippen molar-refractivity contribution in [3.63, 3.8) is 0 Å². The molecular weight excluding hydrogens is 385 g/mol. The largest absolute Gasteiger partial charge is 0.360 e. The normalized spacial score (nSPS) is 16.8. The van der Waals surface area contributed by atoms with Crippen LogP contribution in [0.15, 0.2) is 34.9 Å². The fourth-order valence-corrected chi connectivity index (χ4v) is 4.38. The van der Waals surface area contributed by atoms with Gasteiger partial charge in [-0.1, -0.05) is 5.16 Å². The lowest BCUT2D eigenvalue weighted by molar-refractivity contribution is 0.0610. The molecule has 0 saturated carbocycles. The zero-order valence-electron chi connectivity index (χ0n) is 17.0. The highest BCUT2D eigenvalue weighted by molar-refractivity contribution is 5.94. The number of fused-ring (bicyclic) bond motifs is 1. The van der Waals surface area contributed by atoms with Crippen molar-refractivity contribution in [2.45, 2.75) is 32.7 Å². The lowest BCUT2D eigenvalue weighted by Gasteiger charge is -2.33. The van der Waals surface area contributed by atoms with Crippen LogP contribution in [0.3, 0.4) is 0 Å². The van der Waals surface area contributed by atoms with E-state index in [1.165, 1.54) is 12.1 Å². The molecule has 0 radical (unpaired) electrons. The van der Waals surface area contributed by atoms with Gasteiger partial charge < -0.3 is 9.42 Å². The molecule has 1 saturated heterocycles. The number of rotatable bonds is 4. The number of piperazine rings is 1. The van der Waals surface area contributed by atoms with Crippen LogP contribution in [-0.4, -0.2) is 56.8 Å². The number of carbonyl (C=O) groups excluding carboxylic acids is 1. The first-order chi connectivity index (χ1) is 14.6. The van der Waals surface area contributed by atoms with Crippen LogP contribution in [0.4, 0.5) is 4.39 Å². The molecule has 1 aromatic carbocycles. The van der Waals surface area contributed by atoms with Gasteiger partial charge in [0.2, 0.25) is 0 Å². The zero-order valence-corrected chi connectivity index (χ0v) is 17.0. The van der Waals surface area contributed by atoms with E-state index in [0.717, 1.165) is 60.8 Å². The van der Waals surface area contributed by atoms with Gasteiger partial charge in [0.25, 0.3) is 5.91 Å². The minimum atomic E-state index is -0.280. The summed E-state index contributed by atoms with van der Waals surface area (Å²) in [7, 11) is 0. The molecule has 156 valence electrons. The van der Waals surface area contributed by atoms with Gasteiger partial charge in [0.15, 0.2) is 11.5 Å². The fraction of sp³-hybridized carbons (Fsp3) is 0.409. The van der Waals surface area contributed by atoms with E-state index in [0.29, 0.717) is 25.3 Å². The lowest BCUT2D eigenvalue weighted by atomic mass is 10.1. The van der Waals surface area contributed by atoms with Crippen molar-refractivity contribution < 1.29 is 13.7 Å². The number of nitrogens with zero attached hydrogens (tertiary/aromatic N) is 5. The minimum absolute atomic E-state index is 0.0100. The highest BCUT2D eigenvalue weighted by atomic mass is 19.1. The van der Waals surface area contributed by atoms with Gasteiger partial charge in [-0.25, -0.2) is 9.07 Å². The molecule has 8 heteroatoms. The smallest absolute Gasteiger partial charge is 0.274 e. The predicted octanol–water partition coefficient (Wildman–Crippen LogP) is 2.75. The Labute approximate surface area is 174 Å². The van der Waals surface area contributed by atoms with Crippen LogP contribution in [0.5, 0.6) is 0 Å². The maximum absolute atomic E-state index is 13.3. The first-order valence-electron chi connectivity index (χ1n) is 10.4. The number of aryl methyl sites for hydroxylation is 1. The molecule has 1 aliphatic carbocycles. The van der Waals surface area contributed by atoms with Crippen molar-refractivity contribution in [3.05, 3.63) is 64.6 Å². The molecule has 5 rings (SSSR count). The van der Waals surface area contributed by atoms with Crippen LogP contribution in [0.25, 0.3) is 5.69 Å². The Bertz CT molecular complexity index is 1060. The number of carbonyl (C=O) groups is 1. The summed E-state index contributed by atoms with van der Waals surface area (Å²) in [6.07, 6.45) is 2.76. The molecule has 1 aliphatic heterocycles.